The number of aliphatic hydroxyl groups excluding tert-OH is 2. The maximum absolute atomic E-state index is 12.7. The van der Waals surface area contributed by atoms with Crippen LogP contribution in [0.4, 0.5) is 0 Å². The highest BCUT2D eigenvalue weighted by Crippen LogP contribution is 2.29. The first-order chi connectivity index (χ1) is 18.4. The summed E-state index contributed by atoms with van der Waals surface area (Å²) in [4.78, 5) is 0.469. The van der Waals surface area contributed by atoms with Gasteiger partial charge in [-0.1, -0.05) is 43.9 Å². The second kappa shape index (κ2) is 16.2. The molecule has 1 aliphatic rings. The van der Waals surface area contributed by atoms with Crippen LogP contribution in [0, 0.1) is 0 Å². The molecule has 0 amide bonds. The first-order valence-electron chi connectivity index (χ1n) is 14.1. The normalized spacial score (nSPS) is 15.2. The highest BCUT2D eigenvalue weighted by molar-refractivity contribution is 7.92. The van der Waals surface area contributed by atoms with Crippen molar-refractivity contribution in [3.05, 3.63) is 59.2 Å². The number of ether oxygens (including phenoxy) is 1. The minimum Gasteiger partial charge on any atom is -0.508 e. The smallest absolute Gasteiger partial charge is 0.181 e. The number of hydrogen-bond acceptors (Lipinski definition) is 7. The Balaban J connectivity index is 1.15. The van der Waals surface area contributed by atoms with Crippen LogP contribution in [-0.2, 0) is 27.6 Å². The van der Waals surface area contributed by atoms with Crippen LogP contribution in [0.3, 0.4) is 0 Å². The fraction of sp³-hybridized carbons (Fsp3) is 0.600. The van der Waals surface area contributed by atoms with Gasteiger partial charge >= 0.3 is 0 Å². The van der Waals surface area contributed by atoms with E-state index in [9.17, 15) is 23.7 Å². The number of benzene rings is 2. The highest BCUT2D eigenvalue weighted by Gasteiger charge is 2.30. The third-order valence-electron chi connectivity index (χ3n) is 7.39. The van der Waals surface area contributed by atoms with E-state index in [0.717, 1.165) is 90.4 Å². The molecule has 0 radical (unpaired) electrons. The van der Waals surface area contributed by atoms with Gasteiger partial charge in [-0.05, 0) is 86.9 Å². The predicted molar refractivity (Wildman–Crippen MR) is 150 cm³/mol. The summed E-state index contributed by atoms with van der Waals surface area (Å²) in [7, 11) is -3.17. The van der Waals surface area contributed by atoms with Gasteiger partial charge in [0.15, 0.2) is 9.84 Å². The summed E-state index contributed by atoms with van der Waals surface area (Å²) in [6.07, 6.45) is 10.2. The summed E-state index contributed by atoms with van der Waals surface area (Å²) in [5.74, 6) is 0.0385. The predicted octanol–water partition coefficient (Wildman–Crippen LogP) is 4.82. The molecular weight excluding hydrogens is 502 g/mol. The van der Waals surface area contributed by atoms with Crippen LogP contribution >= 0.6 is 0 Å². The number of phenols is 1. The van der Waals surface area contributed by atoms with Crippen LogP contribution in [0.2, 0.25) is 0 Å². The second-order valence-electron chi connectivity index (χ2n) is 10.3. The van der Waals surface area contributed by atoms with Crippen molar-refractivity contribution >= 4 is 9.84 Å². The van der Waals surface area contributed by atoms with Crippen LogP contribution in [0.1, 0.15) is 87.0 Å². The molecule has 1 atom stereocenters. The van der Waals surface area contributed by atoms with Gasteiger partial charge in [0.25, 0.3) is 0 Å². The van der Waals surface area contributed by atoms with Crippen LogP contribution in [-0.4, -0.2) is 55.3 Å². The summed E-state index contributed by atoms with van der Waals surface area (Å²) in [5, 5.41) is 32.2. The average molecular weight is 548 g/mol. The van der Waals surface area contributed by atoms with Crippen LogP contribution in [0.5, 0.6) is 5.75 Å². The number of hydrogen-bond donors (Lipinski definition) is 4. The number of nitrogens with one attached hydrogen (secondary N) is 1. The number of sulfone groups is 1. The molecule has 1 saturated carbocycles. The van der Waals surface area contributed by atoms with E-state index in [4.69, 9.17) is 4.74 Å². The molecule has 8 heteroatoms. The van der Waals surface area contributed by atoms with E-state index in [1.165, 1.54) is 11.6 Å². The first-order valence-corrected chi connectivity index (χ1v) is 15.7. The zero-order chi connectivity index (χ0) is 27.2. The Morgan fingerprint density at radius 3 is 2.32 bits per heavy atom. The molecule has 0 saturated heterocycles. The van der Waals surface area contributed by atoms with Crippen LogP contribution < -0.4 is 5.32 Å². The van der Waals surface area contributed by atoms with Gasteiger partial charge in [-0.2, -0.15) is 0 Å². The third-order valence-corrected chi connectivity index (χ3v) is 9.66. The standard InChI is InChI=1S/C30H45NO6S/c32-23-26-21-25(14-17-29(26)33)30(34)22-31-18-6-1-2-7-19-37-20-8-5-9-24-12-15-28(16-13-24)38(35,36)27-10-3-4-11-27/h12-17,21,27,30-34H,1-11,18-20,22-23H2/t30-/m0/s1. The minimum atomic E-state index is -3.17. The lowest BCUT2D eigenvalue weighted by Gasteiger charge is -2.14. The van der Waals surface area contributed by atoms with E-state index < -0.39 is 15.9 Å². The fourth-order valence-electron chi connectivity index (χ4n) is 4.98. The SMILES string of the molecule is O=S(=O)(c1ccc(CCCCOCCCCCCNC[C@H](O)c2ccc(O)c(CO)c2)cc1)C1CCCC1. The topological polar surface area (TPSA) is 116 Å². The molecule has 38 heavy (non-hydrogen) atoms. The van der Waals surface area contributed by atoms with Crippen molar-refractivity contribution in [2.75, 3.05) is 26.3 Å². The van der Waals surface area contributed by atoms with Crippen LogP contribution in [0.25, 0.3) is 0 Å². The molecule has 1 fully saturated rings. The lowest BCUT2D eigenvalue weighted by molar-refractivity contribution is 0.126. The molecule has 3 rings (SSSR count). The van der Waals surface area contributed by atoms with Gasteiger partial charge in [-0.25, -0.2) is 8.42 Å². The summed E-state index contributed by atoms with van der Waals surface area (Å²) >= 11 is 0. The van der Waals surface area contributed by atoms with Crippen molar-refractivity contribution in [2.45, 2.75) is 93.5 Å². The van der Waals surface area contributed by atoms with E-state index in [-0.39, 0.29) is 17.6 Å². The molecule has 0 spiro atoms. The van der Waals surface area contributed by atoms with Gasteiger partial charge in [0.2, 0.25) is 0 Å². The first kappa shape index (κ1) is 30.6. The van der Waals surface area contributed by atoms with Crippen LogP contribution in [0.15, 0.2) is 47.4 Å². The summed E-state index contributed by atoms with van der Waals surface area (Å²) in [6.45, 7) is 2.53. The van der Waals surface area contributed by atoms with Gasteiger partial charge < -0.3 is 25.4 Å². The van der Waals surface area contributed by atoms with Gasteiger partial charge in [0, 0.05) is 25.3 Å². The number of rotatable bonds is 18. The second-order valence-corrected chi connectivity index (χ2v) is 12.6. The van der Waals surface area contributed by atoms with Crippen molar-refractivity contribution in [1.82, 2.24) is 5.32 Å². The van der Waals surface area contributed by atoms with E-state index in [0.29, 0.717) is 22.6 Å². The van der Waals surface area contributed by atoms with Crippen molar-refractivity contribution in [1.29, 1.82) is 0 Å². The van der Waals surface area contributed by atoms with E-state index in [1.807, 2.05) is 12.1 Å². The lowest BCUT2D eigenvalue weighted by atomic mass is 10.1. The zero-order valence-corrected chi connectivity index (χ0v) is 23.3. The summed E-state index contributed by atoms with van der Waals surface area (Å²) in [5.41, 5.74) is 2.27. The molecule has 4 N–H and O–H groups in total. The number of unbranched alkanes of at least 4 members (excludes halogenated alkanes) is 4. The Morgan fingerprint density at radius 2 is 1.61 bits per heavy atom. The maximum atomic E-state index is 12.7. The fourth-order valence-corrected chi connectivity index (χ4v) is 6.83. The Bertz CT molecular complexity index is 1050. The van der Waals surface area contributed by atoms with Gasteiger partial charge in [0.05, 0.1) is 22.9 Å². The molecule has 0 aromatic heterocycles. The maximum Gasteiger partial charge on any atom is 0.181 e. The molecule has 0 heterocycles. The number of aromatic hydroxyl groups is 1. The molecule has 0 unspecified atom stereocenters. The summed E-state index contributed by atoms with van der Waals surface area (Å²) < 4.78 is 31.1. The van der Waals surface area contributed by atoms with Gasteiger partial charge in [-0.15, -0.1) is 0 Å². The molecule has 212 valence electrons. The minimum absolute atomic E-state index is 0.0385. The van der Waals surface area contributed by atoms with Gasteiger partial charge in [-0.3, -0.25) is 0 Å². The molecule has 0 aliphatic heterocycles. The van der Waals surface area contributed by atoms with E-state index in [1.54, 1.807) is 24.3 Å². The molecule has 7 nitrogen and oxygen atoms in total. The monoisotopic (exact) mass is 547 g/mol. The molecule has 0 bridgehead atoms. The quantitative estimate of drug-likeness (QED) is 0.198. The molecular formula is C30H45NO6S. The molecule has 1 aliphatic carbocycles. The lowest BCUT2D eigenvalue weighted by Crippen LogP contribution is -2.22. The van der Waals surface area contributed by atoms with Crippen molar-refractivity contribution in [2.24, 2.45) is 0 Å². The van der Waals surface area contributed by atoms with Crippen molar-refractivity contribution in [3.8, 4) is 5.75 Å². The Morgan fingerprint density at radius 1 is 0.921 bits per heavy atom. The highest BCUT2D eigenvalue weighted by atomic mass is 32.2. The average Bonchev–Trinajstić information content (AvgIpc) is 3.48. The largest absolute Gasteiger partial charge is 0.508 e. The van der Waals surface area contributed by atoms with E-state index in [2.05, 4.69) is 5.32 Å². The number of aryl methyl sites for hydroxylation is 1. The van der Waals surface area contributed by atoms with Crippen molar-refractivity contribution in [3.63, 3.8) is 0 Å². The third kappa shape index (κ3) is 9.65. The Labute approximate surface area is 228 Å². The zero-order valence-electron chi connectivity index (χ0n) is 22.5. The summed E-state index contributed by atoms with van der Waals surface area (Å²) in [6, 6.07) is 12.3. The van der Waals surface area contributed by atoms with Crippen molar-refractivity contribution < 1.29 is 28.5 Å². The molecule has 2 aromatic carbocycles. The number of aliphatic hydroxyl groups is 2. The van der Waals surface area contributed by atoms with Gasteiger partial charge in [0.1, 0.15) is 5.75 Å². The van der Waals surface area contributed by atoms with E-state index >= 15 is 0 Å². The Kier molecular flexibility index (Phi) is 13.0. The molecule has 2 aromatic rings. The Hall–Kier alpha value is -1.97.